The Morgan fingerprint density at radius 2 is 1.77 bits per heavy atom. The van der Waals surface area contributed by atoms with Crippen molar-refractivity contribution in [3.05, 3.63) is 71.0 Å². The molecule has 0 amide bonds. The predicted molar refractivity (Wildman–Crippen MR) is 84.6 cm³/mol. The van der Waals surface area contributed by atoms with Crippen LogP contribution in [0.25, 0.3) is 0 Å². The molecule has 1 aliphatic rings. The molecule has 3 N–H and O–H groups in total. The minimum Gasteiger partial charge on any atom is -0.390 e. The molecule has 2 aromatic carbocycles. The van der Waals surface area contributed by atoms with E-state index in [2.05, 4.69) is 23.1 Å². The normalized spacial score (nSPS) is 17.8. The van der Waals surface area contributed by atoms with Crippen LogP contribution in [0.4, 0.5) is 4.39 Å². The topological polar surface area (TPSA) is 49.5 Å². The van der Waals surface area contributed by atoms with E-state index in [1.165, 1.54) is 23.3 Å². The first-order chi connectivity index (χ1) is 10.6. The summed E-state index contributed by atoms with van der Waals surface area (Å²) in [6.45, 7) is 1.61. The number of halogens is 1. The van der Waals surface area contributed by atoms with Gasteiger partial charge < -0.3 is 10.8 Å². The number of hydrogen-bond acceptors (Lipinski definition) is 3. The Labute approximate surface area is 130 Å². The first-order valence-corrected chi connectivity index (χ1v) is 7.62. The molecule has 0 radical (unpaired) electrons. The third kappa shape index (κ3) is 3.35. The van der Waals surface area contributed by atoms with Crippen molar-refractivity contribution in [2.75, 3.05) is 6.54 Å². The SMILES string of the molecule is NC(C(O)Cc1ccc(F)cc1)N1CCc2ccccc2C1. The fourth-order valence-corrected chi connectivity index (χ4v) is 3.00. The van der Waals surface area contributed by atoms with Gasteiger partial charge in [-0.2, -0.15) is 0 Å². The minimum absolute atomic E-state index is 0.268. The van der Waals surface area contributed by atoms with E-state index in [0.717, 1.165) is 25.1 Å². The lowest BCUT2D eigenvalue weighted by molar-refractivity contribution is 0.0445. The number of aliphatic hydroxyl groups excluding tert-OH is 1. The van der Waals surface area contributed by atoms with E-state index in [-0.39, 0.29) is 5.82 Å². The van der Waals surface area contributed by atoms with E-state index in [0.29, 0.717) is 6.42 Å². The van der Waals surface area contributed by atoms with Crippen LogP contribution in [0, 0.1) is 5.82 Å². The van der Waals surface area contributed by atoms with Crippen LogP contribution in [0.3, 0.4) is 0 Å². The minimum atomic E-state index is -0.671. The highest BCUT2D eigenvalue weighted by Crippen LogP contribution is 2.20. The Balaban J connectivity index is 1.64. The van der Waals surface area contributed by atoms with Crippen molar-refractivity contribution in [3.63, 3.8) is 0 Å². The molecule has 0 aliphatic carbocycles. The third-order valence-corrected chi connectivity index (χ3v) is 4.33. The van der Waals surface area contributed by atoms with Gasteiger partial charge >= 0.3 is 0 Å². The molecule has 0 spiro atoms. The van der Waals surface area contributed by atoms with Crippen LogP contribution >= 0.6 is 0 Å². The Kier molecular flexibility index (Phi) is 4.52. The van der Waals surface area contributed by atoms with Gasteiger partial charge in [0.25, 0.3) is 0 Å². The van der Waals surface area contributed by atoms with Gasteiger partial charge in [-0.25, -0.2) is 4.39 Å². The first-order valence-electron chi connectivity index (χ1n) is 7.62. The van der Waals surface area contributed by atoms with E-state index < -0.39 is 12.3 Å². The molecule has 3 nitrogen and oxygen atoms in total. The molecule has 3 rings (SSSR count). The molecule has 1 heterocycles. The second kappa shape index (κ2) is 6.57. The molecule has 0 fully saturated rings. The molecule has 4 heteroatoms. The van der Waals surface area contributed by atoms with E-state index in [9.17, 15) is 9.50 Å². The zero-order valence-electron chi connectivity index (χ0n) is 12.5. The summed E-state index contributed by atoms with van der Waals surface area (Å²) in [6, 6.07) is 14.5. The van der Waals surface area contributed by atoms with E-state index in [1.807, 2.05) is 6.07 Å². The van der Waals surface area contributed by atoms with E-state index in [1.54, 1.807) is 12.1 Å². The summed E-state index contributed by atoms with van der Waals surface area (Å²) in [5.74, 6) is -0.268. The Morgan fingerprint density at radius 1 is 1.09 bits per heavy atom. The molecule has 0 saturated heterocycles. The van der Waals surface area contributed by atoms with Crippen molar-refractivity contribution in [1.82, 2.24) is 4.90 Å². The summed E-state index contributed by atoms with van der Waals surface area (Å²) in [7, 11) is 0. The average Bonchev–Trinajstić information content (AvgIpc) is 2.55. The second-order valence-electron chi connectivity index (χ2n) is 5.88. The number of nitrogens with two attached hydrogens (primary N) is 1. The van der Waals surface area contributed by atoms with Crippen LogP contribution < -0.4 is 5.73 Å². The van der Waals surface area contributed by atoms with Gasteiger partial charge in [0.15, 0.2) is 0 Å². The van der Waals surface area contributed by atoms with Crippen LogP contribution in [0.15, 0.2) is 48.5 Å². The zero-order valence-corrected chi connectivity index (χ0v) is 12.5. The van der Waals surface area contributed by atoms with Crippen molar-refractivity contribution in [2.45, 2.75) is 31.7 Å². The average molecular weight is 300 g/mol. The summed E-state index contributed by atoms with van der Waals surface area (Å²) in [5, 5.41) is 10.4. The van der Waals surface area contributed by atoms with Gasteiger partial charge in [0.05, 0.1) is 12.3 Å². The maximum Gasteiger partial charge on any atom is 0.123 e. The highest BCUT2D eigenvalue weighted by Gasteiger charge is 2.25. The maximum atomic E-state index is 12.9. The fraction of sp³-hybridized carbons (Fsp3) is 0.333. The largest absolute Gasteiger partial charge is 0.390 e. The summed E-state index contributed by atoms with van der Waals surface area (Å²) in [6.07, 6.45) is 0.293. The van der Waals surface area contributed by atoms with E-state index in [4.69, 9.17) is 5.73 Å². The lowest BCUT2D eigenvalue weighted by atomic mass is 9.98. The number of benzene rings is 2. The maximum absolute atomic E-state index is 12.9. The van der Waals surface area contributed by atoms with Crippen molar-refractivity contribution in [1.29, 1.82) is 0 Å². The fourth-order valence-electron chi connectivity index (χ4n) is 3.00. The Hall–Kier alpha value is -1.75. The van der Waals surface area contributed by atoms with Gasteiger partial charge in [-0.3, -0.25) is 4.90 Å². The highest BCUT2D eigenvalue weighted by atomic mass is 19.1. The highest BCUT2D eigenvalue weighted by molar-refractivity contribution is 5.29. The number of hydrogen-bond donors (Lipinski definition) is 2. The first kappa shape index (κ1) is 15.2. The summed E-state index contributed by atoms with van der Waals surface area (Å²) < 4.78 is 12.9. The van der Waals surface area contributed by atoms with Gasteiger partial charge in [-0.15, -0.1) is 0 Å². The molecule has 116 valence electrons. The lowest BCUT2D eigenvalue weighted by Gasteiger charge is -2.35. The zero-order chi connectivity index (χ0) is 15.5. The van der Waals surface area contributed by atoms with Gasteiger partial charge in [0.1, 0.15) is 5.82 Å². The van der Waals surface area contributed by atoms with Crippen molar-refractivity contribution < 1.29 is 9.50 Å². The third-order valence-electron chi connectivity index (χ3n) is 4.33. The summed E-state index contributed by atoms with van der Waals surface area (Å²) in [4.78, 5) is 2.11. The number of fused-ring (bicyclic) bond motifs is 1. The van der Waals surface area contributed by atoms with Gasteiger partial charge in [0.2, 0.25) is 0 Å². The van der Waals surface area contributed by atoms with E-state index >= 15 is 0 Å². The standard InChI is InChI=1S/C18H21FN2O/c19-16-7-5-13(6-8-16)11-17(22)18(20)21-10-9-14-3-1-2-4-15(14)12-21/h1-8,17-18,22H,9-12,20H2. The van der Waals surface area contributed by atoms with Gasteiger partial charge in [-0.1, -0.05) is 36.4 Å². The molecular weight excluding hydrogens is 279 g/mol. The molecule has 0 aromatic heterocycles. The summed E-state index contributed by atoms with van der Waals surface area (Å²) >= 11 is 0. The number of nitrogens with zero attached hydrogens (tertiary/aromatic N) is 1. The molecule has 2 atom stereocenters. The monoisotopic (exact) mass is 300 g/mol. The predicted octanol–water partition coefficient (Wildman–Crippen LogP) is 2.07. The van der Waals surface area contributed by atoms with Crippen molar-refractivity contribution >= 4 is 0 Å². The van der Waals surface area contributed by atoms with Crippen molar-refractivity contribution in [3.8, 4) is 0 Å². The quantitative estimate of drug-likeness (QED) is 0.909. The molecule has 0 bridgehead atoms. The van der Waals surface area contributed by atoms with Crippen LogP contribution in [0.2, 0.25) is 0 Å². The molecule has 0 saturated carbocycles. The second-order valence-corrected chi connectivity index (χ2v) is 5.88. The van der Waals surface area contributed by atoms with Crippen LogP contribution in [0.1, 0.15) is 16.7 Å². The summed E-state index contributed by atoms with van der Waals surface area (Å²) in [5.41, 5.74) is 9.76. The number of aliphatic hydroxyl groups is 1. The Bertz CT molecular complexity index is 629. The van der Waals surface area contributed by atoms with Crippen LogP contribution in [-0.4, -0.2) is 28.8 Å². The van der Waals surface area contributed by atoms with Crippen LogP contribution in [0.5, 0.6) is 0 Å². The van der Waals surface area contributed by atoms with Gasteiger partial charge in [0, 0.05) is 19.5 Å². The molecule has 1 aliphatic heterocycles. The molecule has 22 heavy (non-hydrogen) atoms. The Morgan fingerprint density at radius 3 is 2.50 bits per heavy atom. The van der Waals surface area contributed by atoms with Gasteiger partial charge in [-0.05, 0) is 35.2 Å². The van der Waals surface area contributed by atoms with Crippen LogP contribution in [-0.2, 0) is 19.4 Å². The smallest absolute Gasteiger partial charge is 0.123 e. The van der Waals surface area contributed by atoms with Crippen molar-refractivity contribution in [2.24, 2.45) is 5.73 Å². The molecule has 2 unspecified atom stereocenters. The lowest BCUT2D eigenvalue weighted by Crippen LogP contribution is -2.52. The number of rotatable bonds is 4. The molecular formula is C18H21FN2O. The molecule has 2 aromatic rings.